The van der Waals surface area contributed by atoms with Gasteiger partial charge in [0.2, 0.25) is 0 Å². The van der Waals surface area contributed by atoms with Gasteiger partial charge in [-0.25, -0.2) is 0 Å². The Morgan fingerprint density at radius 2 is 1.70 bits per heavy atom. The molecule has 0 aromatic carbocycles. The van der Waals surface area contributed by atoms with E-state index >= 15 is 0 Å². The number of hydrogen-bond donors (Lipinski definition) is 0. The molecule has 136 valence electrons. The highest BCUT2D eigenvalue weighted by Crippen LogP contribution is 2.50. The van der Waals surface area contributed by atoms with E-state index in [4.69, 9.17) is 4.74 Å². The summed E-state index contributed by atoms with van der Waals surface area (Å²) >= 11 is 0. The summed E-state index contributed by atoms with van der Waals surface area (Å²) in [7, 11) is 0. The van der Waals surface area contributed by atoms with E-state index in [2.05, 4.69) is 26.8 Å². The van der Waals surface area contributed by atoms with Crippen molar-refractivity contribution in [3.63, 3.8) is 0 Å². The number of hydrogen-bond acceptors (Lipinski definition) is 1. The van der Waals surface area contributed by atoms with E-state index in [9.17, 15) is 0 Å². The first-order valence-corrected chi connectivity index (χ1v) is 10.5. The van der Waals surface area contributed by atoms with E-state index in [-0.39, 0.29) is 0 Å². The fraction of sp³-hybridized carbons (Fsp3) is 0.909. The zero-order valence-corrected chi connectivity index (χ0v) is 16.9. The van der Waals surface area contributed by atoms with Gasteiger partial charge in [-0.2, -0.15) is 0 Å². The van der Waals surface area contributed by atoms with Crippen LogP contribution in [-0.4, -0.2) is 12.7 Å². The summed E-state index contributed by atoms with van der Waals surface area (Å²) in [4.78, 5) is 0. The van der Waals surface area contributed by atoms with Gasteiger partial charge in [-0.15, -0.1) is 0 Å². The topological polar surface area (TPSA) is 9.23 Å². The van der Waals surface area contributed by atoms with Gasteiger partial charge < -0.3 is 4.74 Å². The molecule has 0 spiro atoms. The van der Waals surface area contributed by atoms with Gasteiger partial charge in [0, 0.05) is 0 Å². The van der Waals surface area contributed by atoms with Crippen LogP contribution in [0.25, 0.3) is 0 Å². The predicted octanol–water partition coefficient (Wildman–Crippen LogP) is 6.87. The molecule has 0 bridgehead atoms. The smallest absolute Gasteiger partial charge is 0.0603 e. The second-order valence-electron chi connectivity index (χ2n) is 7.19. The van der Waals surface area contributed by atoms with Crippen LogP contribution in [0.5, 0.6) is 0 Å². The normalized spacial score (nSPS) is 38.7. The van der Waals surface area contributed by atoms with Crippen LogP contribution < -0.4 is 0 Å². The number of ether oxygens (including phenoxy) is 1. The van der Waals surface area contributed by atoms with Gasteiger partial charge in [0.05, 0.1) is 12.7 Å². The zero-order chi connectivity index (χ0) is 17.4. The number of rotatable bonds is 2. The second kappa shape index (κ2) is 10.5. The molecule has 1 saturated heterocycles. The third kappa shape index (κ3) is 4.62. The Morgan fingerprint density at radius 3 is 2.30 bits per heavy atom. The Bertz CT molecular complexity index is 346. The van der Waals surface area contributed by atoms with Crippen molar-refractivity contribution < 1.29 is 4.74 Å². The molecule has 0 radical (unpaired) electrons. The first kappa shape index (κ1) is 20.7. The van der Waals surface area contributed by atoms with E-state index in [1.54, 1.807) is 5.57 Å². The second-order valence-corrected chi connectivity index (χ2v) is 7.19. The average Bonchev–Trinajstić information content (AvgIpc) is 2.63. The Kier molecular flexibility index (Phi) is 9.51. The van der Waals surface area contributed by atoms with Crippen LogP contribution in [0.1, 0.15) is 87.0 Å². The van der Waals surface area contributed by atoms with Gasteiger partial charge in [-0.05, 0) is 61.7 Å². The molecule has 0 N–H and O–H groups in total. The quantitative estimate of drug-likeness (QED) is 0.504. The third-order valence-corrected chi connectivity index (χ3v) is 6.15. The maximum atomic E-state index is 6.25. The zero-order valence-electron chi connectivity index (χ0n) is 16.9. The first-order valence-electron chi connectivity index (χ1n) is 10.5. The molecule has 1 heteroatoms. The third-order valence-electron chi connectivity index (χ3n) is 6.15. The lowest BCUT2D eigenvalue weighted by Crippen LogP contribution is -2.47. The SMILES string of the molecule is CC.CC.CCC1OCC2C3CCC(C)CC3=CCC2C1CC. The summed E-state index contributed by atoms with van der Waals surface area (Å²) < 4.78 is 6.25. The molecule has 3 rings (SSSR count). The van der Waals surface area contributed by atoms with Gasteiger partial charge in [-0.3, -0.25) is 0 Å². The summed E-state index contributed by atoms with van der Waals surface area (Å²) in [6.07, 6.45) is 11.2. The molecule has 23 heavy (non-hydrogen) atoms. The maximum Gasteiger partial charge on any atom is 0.0603 e. The fourth-order valence-corrected chi connectivity index (χ4v) is 5.14. The minimum atomic E-state index is 0.531. The highest BCUT2D eigenvalue weighted by atomic mass is 16.5. The van der Waals surface area contributed by atoms with Gasteiger partial charge in [0.25, 0.3) is 0 Å². The molecule has 1 saturated carbocycles. The molecule has 0 aromatic heterocycles. The van der Waals surface area contributed by atoms with Crippen molar-refractivity contribution in [2.24, 2.45) is 29.6 Å². The lowest BCUT2D eigenvalue weighted by molar-refractivity contribution is -0.111. The minimum Gasteiger partial charge on any atom is -0.378 e. The van der Waals surface area contributed by atoms with Gasteiger partial charge >= 0.3 is 0 Å². The molecular formula is C22H42O. The van der Waals surface area contributed by atoms with Crippen molar-refractivity contribution in [1.82, 2.24) is 0 Å². The van der Waals surface area contributed by atoms with E-state index in [1.165, 1.54) is 38.5 Å². The van der Waals surface area contributed by atoms with E-state index in [1.807, 2.05) is 27.7 Å². The lowest BCUT2D eigenvalue weighted by Gasteiger charge is -2.50. The van der Waals surface area contributed by atoms with Crippen molar-refractivity contribution in [2.45, 2.75) is 93.1 Å². The summed E-state index contributed by atoms with van der Waals surface area (Å²) in [6, 6.07) is 0. The predicted molar refractivity (Wildman–Crippen MR) is 103 cm³/mol. The molecule has 1 heterocycles. The highest BCUT2D eigenvalue weighted by Gasteiger charge is 2.45. The molecule has 0 aromatic rings. The van der Waals surface area contributed by atoms with E-state index in [0.29, 0.717) is 6.10 Å². The minimum absolute atomic E-state index is 0.531. The van der Waals surface area contributed by atoms with Gasteiger partial charge in [0.15, 0.2) is 0 Å². The van der Waals surface area contributed by atoms with Crippen LogP contribution in [0.4, 0.5) is 0 Å². The molecule has 1 aliphatic heterocycles. The van der Waals surface area contributed by atoms with Gasteiger partial charge in [-0.1, -0.05) is 66.5 Å². The molecular weight excluding hydrogens is 280 g/mol. The number of fused-ring (bicyclic) bond motifs is 3. The Balaban J connectivity index is 0.000000615. The summed E-state index contributed by atoms with van der Waals surface area (Å²) in [5, 5.41) is 0. The standard InChI is InChI=1S/C18H30O.2C2H6/c1-4-14-16-9-7-13-10-12(3)6-8-15(13)17(16)11-19-18(14)5-2;2*1-2/h7,12,14-18H,4-6,8-11H2,1-3H3;2*1-2H3. The molecule has 0 amide bonds. The largest absolute Gasteiger partial charge is 0.378 e. The van der Waals surface area contributed by atoms with Crippen molar-refractivity contribution in [2.75, 3.05) is 6.61 Å². The molecule has 2 fully saturated rings. The van der Waals surface area contributed by atoms with Crippen molar-refractivity contribution in [1.29, 1.82) is 0 Å². The lowest BCUT2D eigenvalue weighted by atomic mass is 9.60. The Hall–Kier alpha value is -0.300. The summed E-state index contributed by atoms with van der Waals surface area (Å²) in [6.45, 7) is 16.1. The van der Waals surface area contributed by atoms with Crippen molar-refractivity contribution in [3.8, 4) is 0 Å². The Morgan fingerprint density at radius 1 is 1.00 bits per heavy atom. The van der Waals surface area contributed by atoms with E-state index < -0.39 is 0 Å². The van der Waals surface area contributed by atoms with Crippen molar-refractivity contribution >= 4 is 0 Å². The molecule has 2 aliphatic carbocycles. The van der Waals surface area contributed by atoms with Crippen LogP contribution >= 0.6 is 0 Å². The van der Waals surface area contributed by atoms with Crippen molar-refractivity contribution in [3.05, 3.63) is 11.6 Å². The molecule has 6 unspecified atom stereocenters. The van der Waals surface area contributed by atoms with Crippen LogP contribution in [0, 0.1) is 29.6 Å². The van der Waals surface area contributed by atoms with Crippen LogP contribution in [0.15, 0.2) is 11.6 Å². The van der Waals surface area contributed by atoms with Crippen LogP contribution in [0.2, 0.25) is 0 Å². The summed E-state index contributed by atoms with van der Waals surface area (Å²) in [5.74, 6) is 4.32. The fourth-order valence-electron chi connectivity index (χ4n) is 5.14. The van der Waals surface area contributed by atoms with E-state index in [0.717, 1.165) is 36.2 Å². The average molecular weight is 323 g/mol. The monoisotopic (exact) mass is 322 g/mol. The highest BCUT2D eigenvalue weighted by molar-refractivity contribution is 5.17. The molecule has 6 atom stereocenters. The first-order chi connectivity index (χ1) is 11.2. The van der Waals surface area contributed by atoms with Crippen LogP contribution in [-0.2, 0) is 4.74 Å². The van der Waals surface area contributed by atoms with Gasteiger partial charge in [0.1, 0.15) is 0 Å². The number of allylic oxidation sites excluding steroid dienone is 2. The van der Waals surface area contributed by atoms with Crippen LogP contribution in [0.3, 0.4) is 0 Å². The maximum absolute atomic E-state index is 6.25. The molecule has 1 nitrogen and oxygen atoms in total. The Labute approximate surface area is 146 Å². The molecule has 3 aliphatic rings. The summed E-state index contributed by atoms with van der Waals surface area (Å²) in [5.41, 5.74) is 1.79.